The third-order valence-corrected chi connectivity index (χ3v) is 3.17. The maximum absolute atomic E-state index is 12.9. The number of furan rings is 2. The first-order valence-corrected chi connectivity index (χ1v) is 7.05. The first-order chi connectivity index (χ1) is 11.2. The average molecular weight is 311 g/mol. The van der Waals surface area contributed by atoms with E-state index in [-0.39, 0.29) is 18.3 Å². The van der Waals surface area contributed by atoms with Crippen LogP contribution in [0.4, 0.5) is 4.39 Å². The van der Waals surface area contributed by atoms with Gasteiger partial charge in [-0.25, -0.2) is 4.39 Å². The number of nitrogens with one attached hydrogen (secondary N) is 1. The summed E-state index contributed by atoms with van der Waals surface area (Å²) in [6.45, 7) is 0.266. The molecule has 1 N–H and O–H groups in total. The maximum Gasteiger partial charge on any atom is 0.244 e. The molecule has 1 amide bonds. The average Bonchev–Trinajstić information content (AvgIpc) is 3.23. The second-order valence-electron chi connectivity index (χ2n) is 4.84. The lowest BCUT2D eigenvalue weighted by Gasteiger charge is -1.99. The van der Waals surface area contributed by atoms with E-state index < -0.39 is 0 Å². The van der Waals surface area contributed by atoms with Crippen LogP contribution in [0.5, 0.6) is 0 Å². The highest BCUT2D eigenvalue weighted by Gasteiger charge is 2.06. The molecule has 1 aromatic carbocycles. The van der Waals surface area contributed by atoms with E-state index in [0.717, 1.165) is 5.56 Å². The summed E-state index contributed by atoms with van der Waals surface area (Å²) in [5.41, 5.74) is 0.779. The molecule has 0 saturated heterocycles. The molecule has 0 radical (unpaired) electrons. The van der Waals surface area contributed by atoms with Gasteiger partial charge in [-0.05, 0) is 54.6 Å². The number of amides is 1. The Labute approximate surface area is 132 Å². The molecular formula is C18H14FNO3. The van der Waals surface area contributed by atoms with Gasteiger partial charge in [0.15, 0.2) is 0 Å². The molecule has 0 aliphatic rings. The smallest absolute Gasteiger partial charge is 0.244 e. The second-order valence-corrected chi connectivity index (χ2v) is 4.84. The first-order valence-electron chi connectivity index (χ1n) is 7.05. The quantitative estimate of drug-likeness (QED) is 0.724. The van der Waals surface area contributed by atoms with E-state index in [0.29, 0.717) is 17.3 Å². The normalized spacial score (nSPS) is 11.0. The van der Waals surface area contributed by atoms with Crippen molar-refractivity contribution in [3.8, 4) is 11.3 Å². The highest BCUT2D eigenvalue weighted by atomic mass is 19.1. The van der Waals surface area contributed by atoms with Crippen molar-refractivity contribution in [3.63, 3.8) is 0 Å². The SMILES string of the molecule is O=C(/C=C/c1ccco1)NCc1ccc(-c2ccc(F)cc2)o1. The molecule has 0 aliphatic carbocycles. The maximum atomic E-state index is 12.9. The van der Waals surface area contributed by atoms with Crippen molar-refractivity contribution in [2.24, 2.45) is 0 Å². The van der Waals surface area contributed by atoms with E-state index in [1.165, 1.54) is 24.5 Å². The Morgan fingerprint density at radius 3 is 2.70 bits per heavy atom. The number of hydrogen-bond acceptors (Lipinski definition) is 3. The summed E-state index contributed by atoms with van der Waals surface area (Å²) < 4.78 is 23.6. The van der Waals surface area contributed by atoms with Crippen molar-refractivity contribution >= 4 is 12.0 Å². The van der Waals surface area contributed by atoms with Gasteiger partial charge in [0.2, 0.25) is 5.91 Å². The second kappa shape index (κ2) is 6.79. The summed E-state index contributed by atoms with van der Waals surface area (Å²) in [6.07, 6.45) is 4.52. The van der Waals surface area contributed by atoms with E-state index in [4.69, 9.17) is 8.83 Å². The van der Waals surface area contributed by atoms with Crippen LogP contribution in [-0.2, 0) is 11.3 Å². The Bertz CT molecular complexity index is 801. The lowest BCUT2D eigenvalue weighted by molar-refractivity contribution is -0.116. The molecule has 0 spiro atoms. The Morgan fingerprint density at radius 1 is 1.13 bits per heavy atom. The molecule has 3 rings (SSSR count). The van der Waals surface area contributed by atoms with Crippen molar-refractivity contribution in [2.75, 3.05) is 0 Å². The Morgan fingerprint density at radius 2 is 1.96 bits per heavy atom. The van der Waals surface area contributed by atoms with Gasteiger partial charge in [-0.15, -0.1) is 0 Å². The molecule has 0 atom stereocenters. The number of benzene rings is 1. The number of halogens is 1. The fraction of sp³-hybridized carbons (Fsp3) is 0.0556. The van der Waals surface area contributed by atoms with E-state index in [2.05, 4.69) is 5.32 Å². The molecule has 0 unspecified atom stereocenters. The van der Waals surface area contributed by atoms with Crippen molar-refractivity contribution < 1.29 is 18.0 Å². The Kier molecular flexibility index (Phi) is 4.38. The fourth-order valence-corrected chi connectivity index (χ4v) is 2.02. The highest BCUT2D eigenvalue weighted by molar-refractivity contribution is 5.91. The van der Waals surface area contributed by atoms with Crippen molar-refractivity contribution in [3.05, 3.63) is 78.2 Å². The van der Waals surface area contributed by atoms with E-state index in [1.54, 1.807) is 42.5 Å². The van der Waals surface area contributed by atoms with Crippen LogP contribution in [0.15, 0.2) is 69.7 Å². The fourth-order valence-electron chi connectivity index (χ4n) is 2.02. The topological polar surface area (TPSA) is 55.4 Å². The van der Waals surface area contributed by atoms with Crippen LogP contribution < -0.4 is 5.32 Å². The number of rotatable bonds is 5. The molecule has 0 fully saturated rings. The summed E-state index contributed by atoms with van der Waals surface area (Å²) in [5.74, 6) is 1.30. The predicted molar refractivity (Wildman–Crippen MR) is 83.7 cm³/mol. The Hall–Kier alpha value is -3.08. The van der Waals surface area contributed by atoms with Crippen LogP contribution in [0, 0.1) is 5.82 Å². The van der Waals surface area contributed by atoms with Crippen LogP contribution in [0.1, 0.15) is 11.5 Å². The minimum Gasteiger partial charge on any atom is -0.465 e. The van der Waals surface area contributed by atoms with Crippen LogP contribution >= 0.6 is 0 Å². The minimum absolute atomic E-state index is 0.249. The molecule has 3 aromatic rings. The van der Waals surface area contributed by atoms with Gasteiger partial charge in [-0.1, -0.05) is 0 Å². The molecule has 0 saturated carbocycles. The van der Waals surface area contributed by atoms with E-state index in [9.17, 15) is 9.18 Å². The lowest BCUT2D eigenvalue weighted by Crippen LogP contribution is -2.19. The zero-order chi connectivity index (χ0) is 16.1. The molecular weight excluding hydrogens is 297 g/mol. The molecule has 5 heteroatoms. The molecule has 2 aromatic heterocycles. The van der Waals surface area contributed by atoms with Crippen LogP contribution in [0.25, 0.3) is 17.4 Å². The number of carbonyl (C=O) groups excluding carboxylic acids is 1. The van der Waals surface area contributed by atoms with E-state index in [1.807, 2.05) is 0 Å². The van der Waals surface area contributed by atoms with Gasteiger partial charge in [-0.3, -0.25) is 4.79 Å². The first kappa shape index (κ1) is 14.8. The number of hydrogen-bond donors (Lipinski definition) is 1. The van der Waals surface area contributed by atoms with Gasteiger partial charge < -0.3 is 14.2 Å². The largest absolute Gasteiger partial charge is 0.465 e. The standard InChI is InChI=1S/C18H14FNO3/c19-14-5-3-13(4-6-14)17-9-7-16(23-17)12-20-18(21)10-8-15-2-1-11-22-15/h1-11H,12H2,(H,20,21)/b10-8+. The summed E-state index contributed by atoms with van der Waals surface area (Å²) in [6, 6.07) is 13.1. The molecule has 23 heavy (non-hydrogen) atoms. The Balaban J connectivity index is 1.57. The van der Waals surface area contributed by atoms with Crippen LogP contribution in [-0.4, -0.2) is 5.91 Å². The summed E-state index contributed by atoms with van der Waals surface area (Å²) in [7, 11) is 0. The van der Waals surface area contributed by atoms with Crippen molar-refractivity contribution in [2.45, 2.75) is 6.54 Å². The van der Waals surface area contributed by atoms with Gasteiger partial charge >= 0.3 is 0 Å². The summed E-state index contributed by atoms with van der Waals surface area (Å²) in [5, 5.41) is 2.71. The van der Waals surface area contributed by atoms with E-state index >= 15 is 0 Å². The molecule has 2 heterocycles. The monoisotopic (exact) mass is 311 g/mol. The van der Waals surface area contributed by atoms with Gasteiger partial charge in [0.25, 0.3) is 0 Å². The van der Waals surface area contributed by atoms with Gasteiger partial charge in [0, 0.05) is 11.6 Å². The predicted octanol–water partition coefficient (Wildman–Crippen LogP) is 4.01. The molecule has 0 bridgehead atoms. The molecule has 116 valence electrons. The third-order valence-electron chi connectivity index (χ3n) is 3.17. The zero-order valence-corrected chi connectivity index (χ0v) is 12.2. The molecule has 4 nitrogen and oxygen atoms in total. The third kappa shape index (κ3) is 3.97. The van der Waals surface area contributed by atoms with Crippen LogP contribution in [0.3, 0.4) is 0 Å². The highest BCUT2D eigenvalue weighted by Crippen LogP contribution is 2.22. The number of carbonyl (C=O) groups is 1. The summed E-state index contributed by atoms with van der Waals surface area (Å²) >= 11 is 0. The van der Waals surface area contributed by atoms with Gasteiger partial charge in [0.05, 0.1) is 12.8 Å². The molecule has 0 aliphatic heterocycles. The zero-order valence-electron chi connectivity index (χ0n) is 12.2. The van der Waals surface area contributed by atoms with Crippen molar-refractivity contribution in [1.29, 1.82) is 0 Å². The minimum atomic E-state index is -0.295. The van der Waals surface area contributed by atoms with Gasteiger partial charge in [-0.2, -0.15) is 0 Å². The van der Waals surface area contributed by atoms with Crippen molar-refractivity contribution in [1.82, 2.24) is 5.32 Å². The summed E-state index contributed by atoms with van der Waals surface area (Å²) in [4.78, 5) is 11.7. The van der Waals surface area contributed by atoms with Gasteiger partial charge in [0.1, 0.15) is 23.1 Å². The van der Waals surface area contributed by atoms with Crippen LogP contribution in [0.2, 0.25) is 0 Å². The lowest BCUT2D eigenvalue weighted by atomic mass is 10.2.